The van der Waals surface area contributed by atoms with Crippen molar-refractivity contribution in [2.75, 3.05) is 32.8 Å². The van der Waals surface area contributed by atoms with Gasteiger partial charge in [0.05, 0.1) is 38.5 Å². The Morgan fingerprint density at radius 2 is 1.54 bits per heavy atom. The van der Waals surface area contributed by atoms with E-state index in [9.17, 15) is 9.59 Å². The van der Waals surface area contributed by atoms with E-state index in [0.29, 0.717) is 53.0 Å². The quantitative estimate of drug-likeness (QED) is 0.385. The molecule has 0 atom stereocenters. The zero-order valence-corrected chi connectivity index (χ0v) is 20.6. The van der Waals surface area contributed by atoms with Crippen LogP contribution in [-0.2, 0) is 13.1 Å². The highest BCUT2D eigenvalue weighted by Crippen LogP contribution is 2.34. The topological polar surface area (TPSA) is 102 Å². The van der Waals surface area contributed by atoms with Gasteiger partial charge in [0.2, 0.25) is 0 Å². The number of fused-ring (bicyclic) bond motifs is 2. The van der Waals surface area contributed by atoms with Crippen molar-refractivity contribution >= 4 is 22.6 Å². The Bertz CT molecular complexity index is 1500. The van der Waals surface area contributed by atoms with Crippen molar-refractivity contribution in [3.05, 3.63) is 88.2 Å². The first kappa shape index (κ1) is 24.1. The number of para-hydroxylation sites is 3. The molecule has 1 aliphatic rings. The van der Waals surface area contributed by atoms with Crippen LogP contribution in [0.4, 0.5) is 10.5 Å². The van der Waals surface area contributed by atoms with Gasteiger partial charge in [-0.2, -0.15) is 0 Å². The first-order valence-corrected chi connectivity index (χ1v) is 11.8. The molecule has 0 radical (unpaired) electrons. The van der Waals surface area contributed by atoms with Crippen LogP contribution in [-0.4, -0.2) is 43.3 Å². The van der Waals surface area contributed by atoms with Gasteiger partial charge in [-0.15, -0.1) is 0 Å². The lowest BCUT2D eigenvalue weighted by molar-refractivity contribution is 0.172. The Hall–Kier alpha value is -4.66. The van der Waals surface area contributed by atoms with Crippen molar-refractivity contribution in [1.82, 2.24) is 9.88 Å². The molecule has 1 aromatic heterocycles. The SMILES string of the molecule is COc1ccccc1CN(Cc1cc2cc3c(cc2[nH]c1=O)OCCO3)C(=O)Nc1ccccc1OC. The molecule has 4 aromatic rings. The summed E-state index contributed by atoms with van der Waals surface area (Å²) in [5, 5.41) is 3.69. The second kappa shape index (κ2) is 10.5. The van der Waals surface area contributed by atoms with E-state index in [1.54, 1.807) is 43.4 Å². The van der Waals surface area contributed by atoms with Gasteiger partial charge in [-0.25, -0.2) is 4.79 Å². The number of amides is 2. The number of hydrogen-bond acceptors (Lipinski definition) is 6. The van der Waals surface area contributed by atoms with Crippen molar-refractivity contribution in [3.8, 4) is 23.0 Å². The normalized spacial score (nSPS) is 12.2. The fourth-order valence-electron chi connectivity index (χ4n) is 4.29. The van der Waals surface area contributed by atoms with Gasteiger partial charge in [0.1, 0.15) is 24.7 Å². The van der Waals surface area contributed by atoms with Crippen molar-refractivity contribution in [3.63, 3.8) is 0 Å². The van der Waals surface area contributed by atoms with Gasteiger partial charge in [-0.05, 0) is 30.3 Å². The molecule has 0 spiro atoms. The summed E-state index contributed by atoms with van der Waals surface area (Å²) in [6.07, 6.45) is 0. The fourth-order valence-corrected chi connectivity index (χ4v) is 4.29. The first-order chi connectivity index (χ1) is 18.1. The van der Waals surface area contributed by atoms with Gasteiger partial charge in [-0.1, -0.05) is 30.3 Å². The largest absolute Gasteiger partial charge is 0.496 e. The lowest BCUT2D eigenvalue weighted by Gasteiger charge is -2.25. The van der Waals surface area contributed by atoms with Gasteiger partial charge in [0.25, 0.3) is 5.56 Å². The molecule has 0 unspecified atom stereocenters. The summed E-state index contributed by atoms with van der Waals surface area (Å²) < 4.78 is 22.2. The highest BCUT2D eigenvalue weighted by molar-refractivity contribution is 5.91. The van der Waals surface area contributed by atoms with Crippen LogP contribution in [0, 0.1) is 0 Å². The zero-order chi connectivity index (χ0) is 25.8. The minimum atomic E-state index is -0.392. The third kappa shape index (κ3) is 5.16. The molecule has 0 aliphatic carbocycles. The zero-order valence-electron chi connectivity index (χ0n) is 20.6. The predicted octanol–water partition coefficient (Wildman–Crippen LogP) is 4.55. The molecule has 2 N–H and O–H groups in total. The molecule has 37 heavy (non-hydrogen) atoms. The van der Waals surface area contributed by atoms with E-state index in [1.165, 1.54) is 0 Å². The molecule has 1 aliphatic heterocycles. The average molecular weight is 502 g/mol. The van der Waals surface area contributed by atoms with Crippen LogP contribution in [0.3, 0.4) is 0 Å². The summed E-state index contributed by atoms with van der Waals surface area (Å²) >= 11 is 0. The molecule has 2 amide bonds. The van der Waals surface area contributed by atoms with Crippen LogP contribution in [0.25, 0.3) is 10.9 Å². The summed E-state index contributed by atoms with van der Waals surface area (Å²) in [7, 11) is 3.12. The average Bonchev–Trinajstić information content (AvgIpc) is 2.92. The predicted molar refractivity (Wildman–Crippen MR) is 140 cm³/mol. The number of methoxy groups -OCH3 is 2. The number of H-pyrrole nitrogens is 1. The first-order valence-electron chi connectivity index (χ1n) is 11.8. The van der Waals surface area contributed by atoms with Crippen molar-refractivity contribution < 1.29 is 23.7 Å². The number of ether oxygens (including phenoxy) is 4. The molecule has 2 heterocycles. The monoisotopic (exact) mass is 501 g/mol. The van der Waals surface area contributed by atoms with Gasteiger partial charge >= 0.3 is 6.03 Å². The van der Waals surface area contributed by atoms with Crippen LogP contribution in [0.15, 0.2) is 71.5 Å². The Balaban J connectivity index is 1.49. The van der Waals surface area contributed by atoms with E-state index in [2.05, 4.69) is 10.3 Å². The molecule has 9 heteroatoms. The van der Waals surface area contributed by atoms with E-state index < -0.39 is 6.03 Å². The van der Waals surface area contributed by atoms with Crippen molar-refractivity contribution in [1.29, 1.82) is 0 Å². The minimum absolute atomic E-state index is 0.0543. The number of benzene rings is 3. The molecule has 0 fully saturated rings. The number of urea groups is 1. The minimum Gasteiger partial charge on any atom is -0.496 e. The summed E-state index contributed by atoms with van der Waals surface area (Å²) in [6.45, 7) is 1.19. The lowest BCUT2D eigenvalue weighted by Crippen LogP contribution is -2.36. The number of carbonyl (C=O) groups excluding carboxylic acids is 1. The second-order valence-electron chi connectivity index (χ2n) is 8.51. The number of nitrogens with zero attached hydrogens (tertiary/aromatic N) is 1. The Labute approximate surface area is 213 Å². The van der Waals surface area contributed by atoms with Crippen molar-refractivity contribution in [2.24, 2.45) is 0 Å². The summed E-state index contributed by atoms with van der Waals surface area (Å²) in [5.41, 5.74) is 2.09. The lowest BCUT2D eigenvalue weighted by atomic mass is 10.1. The maximum absolute atomic E-state index is 13.5. The smallest absolute Gasteiger partial charge is 0.322 e. The molecular weight excluding hydrogens is 474 g/mol. The Morgan fingerprint density at radius 3 is 2.30 bits per heavy atom. The molecular formula is C28H27N3O6. The molecule has 0 bridgehead atoms. The fraction of sp³-hybridized carbons (Fsp3) is 0.214. The molecule has 190 valence electrons. The van der Waals surface area contributed by atoms with E-state index in [-0.39, 0.29) is 18.6 Å². The molecule has 0 saturated heterocycles. The van der Waals surface area contributed by atoms with Gasteiger partial charge in [-0.3, -0.25) is 4.79 Å². The highest BCUT2D eigenvalue weighted by atomic mass is 16.6. The van der Waals surface area contributed by atoms with Crippen molar-refractivity contribution in [2.45, 2.75) is 13.1 Å². The van der Waals surface area contributed by atoms with Gasteiger partial charge in [0, 0.05) is 22.6 Å². The molecule has 0 saturated carbocycles. The third-order valence-electron chi connectivity index (χ3n) is 6.13. The number of aromatic amines is 1. The van der Waals surface area contributed by atoms with E-state index in [1.807, 2.05) is 42.5 Å². The number of hydrogen-bond donors (Lipinski definition) is 2. The van der Waals surface area contributed by atoms with Crippen LogP contribution in [0.1, 0.15) is 11.1 Å². The summed E-state index contributed by atoms with van der Waals surface area (Å²) in [5.74, 6) is 2.39. The van der Waals surface area contributed by atoms with Gasteiger partial charge < -0.3 is 34.1 Å². The van der Waals surface area contributed by atoms with E-state index >= 15 is 0 Å². The molecule has 9 nitrogen and oxygen atoms in total. The number of nitrogens with one attached hydrogen (secondary N) is 2. The molecule has 3 aromatic carbocycles. The van der Waals surface area contributed by atoms with Crippen LogP contribution >= 0.6 is 0 Å². The molecule has 5 rings (SSSR count). The maximum Gasteiger partial charge on any atom is 0.322 e. The Kier molecular flexibility index (Phi) is 6.85. The van der Waals surface area contributed by atoms with Crippen LogP contribution in [0.2, 0.25) is 0 Å². The summed E-state index contributed by atoms with van der Waals surface area (Å²) in [4.78, 5) is 31.1. The van der Waals surface area contributed by atoms with Crippen LogP contribution in [0.5, 0.6) is 23.0 Å². The number of rotatable bonds is 7. The number of aromatic nitrogens is 1. The summed E-state index contributed by atoms with van der Waals surface area (Å²) in [6, 6.07) is 19.6. The standard InChI is InChI=1S/C28H27N3O6/c1-34-23-9-5-3-7-18(23)16-31(28(33)30-21-8-4-6-10-24(21)35-2)17-20-13-19-14-25-26(37-12-11-36-25)15-22(19)29-27(20)32/h3-10,13-15H,11-12,16-17H2,1-2H3,(H,29,32)(H,30,33). The van der Waals surface area contributed by atoms with Gasteiger partial charge in [0.15, 0.2) is 11.5 Å². The van der Waals surface area contributed by atoms with Crippen LogP contribution < -0.4 is 29.8 Å². The number of pyridine rings is 1. The third-order valence-corrected chi connectivity index (χ3v) is 6.13. The second-order valence-corrected chi connectivity index (χ2v) is 8.51. The van der Waals surface area contributed by atoms with E-state index in [0.717, 1.165) is 10.9 Å². The number of anilines is 1. The maximum atomic E-state index is 13.5. The van der Waals surface area contributed by atoms with E-state index in [4.69, 9.17) is 18.9 Å². The highest BCUT2D eigenvalue weighted by Gasteiger charge is 2.21. The Morgan fingerprint density at radius 1 is 0.892 bits per heavy atom. The number of carbonyl (C=O) groups is 1.